The molecule has 0 radical (unpaired) electrons. The molecule has 0 aliphatic rings. The third-order valence-corrected chi connectivity index (χ3v) is 3.17. The van der Waals surface area contributed by atoms with Crippen molar-refractivity contribution < 1.29 is 14.4 Å². The summed E-state index contributed by atoms with van der Waals surface area (Å²) in [4.78, 5) is 11.6. The molecule has 17 heavy (non-hydrogen) atoms. The van der Waals surface area contributed by atoms with Crippen molar-refractivity contribution in [3.05, 3.63) is 29.3 Å². The quantitative estimate of drug-likeness (QED) is 0.850. The molecule has 0 bridgehead atoms. The molecule has 0 saturated carbocycles. The number of carbonyl (C=O) groups is 1. The van der Waals surface area contributed by atoms with Crippen molar-refractivity contribution in [2.75, 3.05) is 0 Å². The van der Waals surface area contributed by atoms with Gasteiger partial charge in [0.15, 0.2) is 5.76 Å². The third kappa shape index (κ3) is 2.92. The van der Waals surface area contributed by atoms with Crippen LogP contribution in [-0.2, 0) is 11.3 Å². The lowest BCUT2D eigenvalue weighted by Gasteiger charge is -2.05. The SMILES string of the molecule is C[C@H](NCc1cc(-c2cccs2)on1)C(=O)O. The zero-order valence-corrected chi connectivity index (χ0v) is 10.0. The molecule has 0 amide bonds. The molecule has 2 aromatic rings. The van der Waals surface area contributed by atoms with E-state index < -0.39 is 12.0 Å². The van der Waals surface area contributed by atoms with Crippen molar-refractivity contribution in [3.63, 3.8) is 0 Å². The predicted octanol–water partition coefficient (Wildman–Crippen LogP) is 1.97. The Labute approximate surface area is 102 Å². The van der Waals surface area contributed by atoms with Gasteiger partial charge in [-0.15, -0.1) is 11.3 Å². The Balaban J connectivity index is 1.97. The number of nitrogens with one attached hydrogen (secondary N) is 1. The Morgan fingerprint density at radius 3 is 3.18 bits per heavy atom. The van der Waals surface area contributed by atoms with Gasteiger partial charge in [0, 0.05) is 12.6 Å². The van der Waals surface area contributed by atoms with Crippen LogP contribution < -0.4 is 5.32 Å². The first-order valence-corrected chi connectivity index (χ1v) is 6.00. The summed E-state index contributed by atoms with van der Waals surface area (Å²) in [5.74, 6) is -0.174. The van der Waals surface area contributed by atoms with Crippen LogP contribution in [0.15, 0.2) is 28.1 Å². The fraction of sp³-hybridized carbons (Fsp3) is 0.273. The van der Waals surface area contributed by atoms with Crippen LogP contribution >= 0.6 is 11.3 Å². The molecule has 90 valence electrons. The molecule has 0 aliphatic carbocycles. The maximum Gasteiger partial charge on any atom is 0.320 e. The number of aromatic nitrogens is 1. The van der Waals surface area contributed by atoms with Crippen LogP contribution in [0.5, 0.6) is 0 Å². The number of hydrogen-bond donors (Lipinski definition) is 2. The van der Waals surface area contributed by atoms with Crippen LogP contribution in [0.4, 0.5) is 0 Å². The Morgan fingerprint density at radius 2 is 2.53 bits per heavy atom. The molecule has 0 unspecified atom stereocenters. The van der Waals surface area contributed by atoms with E-state index in [-0.39, 0.29) is 0 Å². The minimum atomic E-state index is -0.882. The molecule has 0 spiro atoms. The molecule has 6 heteroatoms. The average molecular weight is 252 g/mol. The Bertz CT molecular complexity index is 493. The van der Waals surface area contributed by atoms with Gasteiger partial charge in [-0.2, -0.15) is 0 Å². The van der Waals surface area contributed by atoms with Crippen LogP contribution in [0.25, 0.3) is 10.6 Å². The van der Waals surface area contributed by atoms with E-state index in [0.29, 0.717) is 18.0 Å². The van der Waals surface area contributed by atoms with Crippen molar-refractivity contribution >= 4 is 17.3 Å². The van der Waals surface area contributed by atoms with Gasteiger partial charge in [-0.25, -0.2) is 0 Å². The van der Waals surface area contributed by atoms with Crippen LogP contribution in [-0.4, -0.2) is 22.3 Å². The maximum atomic E-state index is 10.6. The first kappa shape index (κ1) is 11.8. The zero-order valence-electron chi connectivity index (χ0n) is 9.21. The van der Waals surface area contributed by atoms with E-state index in [0.717, 1.165) is 4.88 Å². The summed E-state index contributed by atoms with van der Waals surface area (Å²) in [6.45, 7) is 1.96. The Morgan fingerprint density at radius 1 is 1.71 bits per heavy atom. The number of aliphatic carboxylic acids is 1. The largest absolute Gasteiger partial charge is 0.480 e. The molecule has 5 nitrogen and oxygen atoms in total. The van der Waals surface area contributed by atoms with Gasteiger partial charge in [-0.3, -0.25) is 10.1 Å². The lowest BCUT2D eigenvalue weighted by Crippen LogP contribution is -2.33. The van der Waals surface area contributed by atoms with E-state index in [1.54, 1.807) is 18.3 Å². The summed E-state index contributed by atoms with van der Waals surface area (Å²) in [6, 6.07) is 5.10. The van der Waals surface area contributed by atoms with Gasteiger partial charge in [0.2, 0.25) is 0 Å². The van der Waals surface area contributed by atoms with Gasteiger partial charge in [0.1, 0.15) is 6.04 Å². The van der Waals surface area contributed by atoms with Gasteiger partial charge in [0.25, 0.3) is 0 Å². The van der Waals surface area contributed by atoms with Crippen molar-refractivity contribution in [1.29, 1.82) is 0 Å². The summed E-state index contributed by atoms with van der Waals surface area (Å²) < 4.78 is 5.17. The summed E-state index contributed by atoms with van der Waals surface area (Å²) in [7, 11) is 0. The smallest absolute Gasteiger partial charge is 0.320 e. The number of hydrogen-bond acceptors (Lipinski definition) is 5. The van der Waals surface area contributed by atoms with Crippen molar-refractivity contribution in [2.45, 2.75) is 19.5 Å². The topological polar surface area (TPSA) is 75.4 Å². The molecule has 0 fully saturated rings. The molecule has 1 atom stereocenters. The number of nitrogens with zero attached hydrogens (tertiary/aromatic N) is 1. The standard InChI is InChI=1S/C11H12N2O3S/c1-7(11(14)15)12-6-8-5-9(16-13-8)10-3-2-4-17-10/h2-5,7,12H,6H2,1H3,(H,14,15)/t7-/m0/s1. The minimum Gasteiger partial charge on any atom is -0.480 e. The molecular formula is C11H12N2O3S. The lowest BCUT2D eigenvalue weighted by molar-refractivity contribution is -0.139. The van der Waals surface area contributed by atoms with E-state index in [1.807, 2.05) is 23.6 Å². The molecule has 2 aromatic heterocycles. The van der Waals surface area contributed by atoms with Crippen LogP contribution in [0.2, 0.25) is 0 Å². The summed E-state index contributed by atoms with van der Waals surface area (Å²) in [5.41, 5.74) is 0.696. The number of thiophene rings is 1. The maximum absolute atomic E-state index is 10.6. The summed E-state index contributed by atoms with van der Waals surface area (Å²) >= 11 is 1.57. The van der Waals surface area contributed by atoms with Gasteiger partial charge >= 0.3 is 5.97 Å². The number of carboxylic acid groups (broad SMARTS) is 1. The average Bonchev–Trinajstić information content (AvgIpc) is 2.95. The fourth-order valence-electron chi connectivity index (χ4n) is 1.27. The van der Waals surface area contributed by atoms with Crippen molar-refractivity contribution in [2.24, 2.45) is 0 Å². The van der Waals surface area contributed by atoms with Crippen molar-refractivity contribution in [1.82, 2.24) is 10.5 Å². The van der Waals surface area contributed by atoms with Gasteiger partial charge in [0.05, 0.1) is 10.6 Å². The number of rotatable bonds is 5. The van der Waals surface area contributed by atoms with E-state index in [9.17, 15) is 4.79 Å². The minimum absolute atomic E-state index is 0.377. The second-order valence-corrected chi connectivity index (χ2v) is 4.55. The molecular weight excluding hydrogens is 240 g/mol. The predicted molar refractivity (Wildman–Crippen MR) is 63.8 cm³/mol. The molecule has 2 heterocycles. The van der Waals surface area contributed by atoms with Crippen LogP contribution in [0, 0.1) is 0 Å². The summed E-state index contributed by atoms with van der Waals surface area (Å²) in [6.07, 6.45) is 0. The monoisotopic (exact) mass is 252 g/mol. The Hall–Kier alpha value is -1.66. The van der Waals surface area contributed by atoms with Gasteiger partial charge in [-0.05, 0) is 18.4 Å². The van der Waals surface area contributed by atoms with Crippen molar-refractivity contribution in [3.8, 4) is 10.6 Å². The van der Waals surface area contributed by atoms with Crippen LogP contribution in [0.1, 0.15) is 12.6 Å². The zero-order chi connectivity index (χ0) is 12.3. The van der Waals surface area contributed by atoms with E-state index >= 15 is 0 Å². The summed E-state index contributed by atoms with van der Waals surface area (Å²) in [5, 5.41) is 17.4. The third-order valence-electron chi connectivity index (χ3n) is 2.28. The second kappa shape index (κ2) is 5.11. The Kier molecular flexibility index (Phi) is 3.55. The van der Waals surface area contributed by atoms with E-state index in [2.05, 4.69) is 10.5 Å². The highest BCUT2D eigenvalue weighted by Crippen LogP contribution is 2.24. The highest BCUT2D eigenvalue weighted by Gasteiger charge is 2.12. The first-order valence-electron chi connectivity index (χ1n) is 5.12. The van der Waals surface area contributed by atoms with Gasteiger partial charge in [-0.1, -0.05) is 11.2 Å². The number of carboxylic acids is 1. The first-order chi connectivity index (χ1) is 8.16. The highest BCUT2D eigenvalue weighted by molar-refractivity contribution is 7.13. The molecule has 0 aliphatic heterocycles. The van der Waals surface area contributed by atoms with E-state index in [1.165, 1.54) is 0 Å². The second-order valence-electron chi connectivity index (χ2n) is 3.60. The molecule has 0 saturated heterocycles. The van der Waals surface area contributed by atoms with Crippen LogP contribution in [0.3, 0.4) is 0 Å². The molecule has 0 aromatic carbocycles. The van der Waals surface area contributed by atoms with Gasteiger partial charge < -0.3 is 9.63 Å². The molecule has 2 N–H and O–H groups in total. The highest BCUT2D eigenvalue weighted by atomic mass is 32.1. The fourth-order valence-corrected chi connectivity index (χ4v) is 1.95. The molecule has 2 rings (SSSR count). The lowest BCUT2D eigenvalue weighted by atomic mass is 10.3. The van der Waals surface area contributed by atoms with E-state index in [4.69, 9.17) is 9.63 Å². The normalized spacial score (nSPS) is 12.5.